The van der Waals surface area contributed by atoms with Gasteiger partial charge < -0.3 is 15.9 Å². The van der Waals surface area contributed by atoms with E-state index < -0.39 is 12.1 Å². The number of rotatable bonds is 3. The van der Waals surface area contributed by atoms with E-state index in [1.165, 1.54) is 0 Å². The maximum absolute atomic E-state index is 9.89. The highest BCUT2D eigenvalue weighted by molar-refractivity contribution is 5.38. The van der Waals surface area contributed by atoms with Crippen LogP contribution < -0.4 is 5.73 Å². The van der Waals surface area contributed by atoms with Gasteiger partial charge >= 0.3 is 0 Å². The SMILES string of the molecule is Cc1ccc(O)c([C@H](N)[C@H](O)C2CC2)c1. The summed E-state index contributed by atoms with van der Waals surface area (Å²) in [6.45, 7) is 1.94. The number of aromatic hydroxyl groups is 1. The minimum atomic E-state index is -0.530. The summed E-state index contributed by atoms with van der Waals surface area (Å²) in [6.07, 6.45) is 1.56. The monoisotopic (exact) mass is 207 g/mol. The Labute approximate surface area is 89.5 Å². The third-order valence-corrected chi connectivity index (χ3v) is 3.02. The van der Waals surface area contributed by atoms with Crippen LogP contribution in [0.15, 0.2) is 18.2 Å². The zero-order valence-electron chi connectivity index (χ0n) is 8.85. The lowest BCUT2D eigenvalue weighted by Gasteiger charge is -2.20. The van der Waals surface area contributed by atoms with Gasteiger partial charge in [0.15, 0.2) is 0 Å². The Morgan fingerprint density at radius 1 is 1.40 bits per heavy atom. The van der Waals surface area contributed by atoms with Gasteiger partial charge in [0.05, 0.1) is 12.1 Å². The van der Waals surface area contributed by atoms with Crippen LogP contribution in [0.2, 0.25) is 0 Å². The number of phenols is 1. The van der Waals surface area contributed by atoms with E-state index in [-0.39, 0.29) is 5.75 Å². The normalized spacial score (nSPS) is 19.9. The molecule has 0 saturated heterocycles. The molecular weight excluding hydrogens is 190 g/mol. The van der Waals surface area contributed by atoms with Crippen molar-refractivity contribution in [1.29, 1.82) is 0 Å². The average Bonchev–Trinajstić information content (AvgIpc) is 3.03. The fourth-order valence-corrected chi connectivity index (χ4v) is 1.86. The maximum atomic E-state index is 9.89. The van der Waals surface area contributed by atoms with E-state index in [9.17, 15) is 10.2 Å². The minimum absolute atomic E-state index is 0.174. The molecule has 3 nitrogen and oxygen atoms in total. The van der Waals surface area contributed by atoms with Crippen molar-refractivity contribution in [3.63, 3.8) is 0 Å². The molecule has 1 saturated carbocycles. The standard InChI is InChI=1S/C12H17NO2/c1-7-2-5-10(14)9(6-7)11(13)12(15)8-3-4-8/h2,5-6,8,11-12,14-15H,3-4,13H2,1H3/t11-,12+/m0/s1. The zero-order valence-corrected chi connectivity index (χ0v) is 8.85. The van der Waals surface area contributed by atoms with E-state index in [1.54, 1.807) is 6.07 Å². The second kappa shape index (κ2) is 3.83. The predicted molar refractivity (Wildman–Crippen MR) is 58.5 cm³/mol. The van der Waals surface area contributed by atoms with Gasteiger partial charge in [-0.1, -0.05) is 17.7 Å². The molecule has 4 N–H and O–H groups in total. The van der Waals surface area contributed by atoms with Crippen LogP contribution in [0.3, 0.4) is 0 Å². The van der Waals surface area contributed by atoms with Gasteiger partial charge in [-0.25, -0.2) is 0 Å². The Morgan fingerprint density at radius 3 is 2.67 bits per heavy atom. The molecule has 0 amide bonds. The lowest BCUT2D eigenvalue weighted by Crippen LogP contribution is -2.28. The predicted octanol–water partition coefficient (Wildman–Crippen LogP) is 1.47. The van der Waals surface area contributed by atoms with Crippen LogP contribution in [0.4, 0.5) is 0 Å². The van der Waals surface area contributed by atoms with Crippen molar-refractivity contribution in [2.24, 2.45) is 11.7 Å². The highest BCUT2D eigenvalue weighted by Crippen LogP contribution is 2.38. The third-order valence-electron chi connectivity index (χ3n) is 3.02. The lowest BCUT2D eigenvalue weighted by molar-refractivity contribution is 0.121. The maximum Gasteiger partial charge on any atom is 0.120 e. The summed E-state index contributed by atoms with van der Waals surface area (Å²) in [4.78, 5) is 0. The van der Waals surface area contributed by atoms with E-state index in [2.05, 4.69) is 0 Å². The molecule has 0 bridgehead atoms. The molecule has 2 rings (SSSR count). The molecule has 1 aliphatic rings. The summed E-state index contributed by atoms with van der Waals surface area (Å²) in [6, 6.07) is 4.82. The van der Waals surface area contributed by atoms with Crippen LogP contribution >= 0.6 is 0 Å². The molecule has 1 aromatic carbocycles. The second-order valence-electron chi connectivity index (χ2n) is 4.42. The molecule has 0 radical (unpaired) electrons. The number of phenolic OH excluding ortho intramolecular Hbond substituents is 1. The summed E-state index contributed by atoms with van der Waals surface area (Å²) in [5.74, 6) is 0.493. The molecule has 0 aromatic heterocycles. The number of benzene rings is 1. The first-order valence-corrected chi connectivity index (χ1v) is 5.33. The topological polar surface area (TPSA) is 66.5 Å². The average molecular weight is 207 g/mol. The van der Waals surface area contributed by atoms with Gasteiger partial charge in [0.2, 0.25) is 0 Å². The quantitative estimate of drug-likeness (QED) is 0.703. The third kappa shape index (κ3) is 2.13. The molecule has 0 unspecified atom stereocenters. The van der Waals surface area contributed by atoms with Crippen LogP contribution in [0.25, 0.3) is 0 Å². The van der Waals surface area contributed by atoms with Crippen molar-refractivity contribution in [3.05, 3.63) is 29.3 Å². The Hall–Kier alpha value is -1.06. The van der Waals surface area contributed by atoms with E-state index >= 15 is 0 Å². The summed E-state index contributed by atoms with van der Waals surface area (Å²) >= 11 is 0. The number of aliphatic hydroxyl groups is 1. The van der Waals surface area contributed by atoms with E-state index in [1.807, 2.05) is 19.1 Å². The Bertz CT molecular complexity index is 361. The first kappa shape index (κ1) is 10.5. The largest absolute Gasteiger partial charge is 0.508 e. The Kier molecular flexibility index (Phi) is 2.67. The smallest absolute Gasteiger partial charge is 0.120 e. The van der Waals surface area contributed by atoms with Gasteiger partial charge in [0, 0.05) is 5.56 Å². The molecule has 15 heavy (non-hydrogen) atoms. The van der Waals surface area contributed by atoms with E-state index in [4.69, 9.17) is 5.73 Å². The van der Waals surface area contributed by atoms with Gasteiger partial charge in [0.25, 0.3) is 0 Å². The van der Waals surface area contributed by atoms with Crippen LogP contribution in [-0.4, -0.2) is 16.3 Å². The molecule has 1 fully saturated rings. The van der Waals surface area contributed by atoms with Gasteiger partial charge in [0.1, 0.15) is 5.75 Å². The summed E-state index contributed by atoms with van der Waals surface area (Å²) < 4.78 is 0. The highest BCUT2D eigenvalue weighted by Gasteiger charge is 2.35. The highest BCUT2D eigenvalue weighted by atomic mass is 16.3. The summed E-state index contributed by atoms with van der Waals surface area (Å²) in [5, 5.41) is 19.6. The van der Waals surface area contributed by atoms with Crippen LogP contribution in [0, 0.1) is 12.8 Å². The van der Waals surface area contributed by atoms with Crippen molar-refractivity contribution in [3.8, 4) is 5.75 Å². The number of aliphatic hydroxyl groups excluding tert-OH is 1. The molecule has 82 valence electrons. The number of nitrogens with two attached hydrogens (primary N) is 1. The molecule has 3 heteroatoms. The Morgan fingerprint density at radius 2 is 2.07 bits per heavy atom. The van der Waals surface area contributed by atoms with Gasteiger partial charge in [-0.15, -0.1) is 0 Å². The minimum Gasteiger partial charge on any atom is -0.508 e. The second-order valence-corrected chi connectivity index (χ2v) is 4.42. The molecule has 1 aliphatic carbocycles. The van der Waals surface area contributed by atoms with Crippen molar-refractivity contribution in [2.45, 2.75) is 31.9 Å². The fourth-order valence-electron chi connectivity index (χ4n) is 1.86. The first-order chi connectivity index (χ1) is 7.09. The zero-order chi connectivity index (χ0) is 11.0. The number of hydrogen-bond donors (Lipinski definition) is 3. The number of aryl methyl sites for hydroxylation is 1. The van der Waals surface area contributed by atoms with Crippen LogP contribution in [0.5, 0.6) is 5.75 Å². The van der Waals surface area contributed by atoms with E-state index in [0.29, 0.717) is 11.5 Å². The summed E-state index contributed by atoms with van der Waals surface area (Å²) in [7, 11) is 0. The van der Waals surface area contributed by atoms with Crippen molar-refractivity contribution in [2.75, 3.05) is 0 Å². The van der Waals surface area contributed by atoms with E-state index in [0.717, 1.165) is 18.4 Å². The molecular formula is C12H17NO2. The first-order valence-electron chi connectivity index (χ1n) is 5.33. The van der Waals surface area contributed by atoms with Crippen LogP contribution in [-0.2, 0) is 0 Å². The van der Waals surface area contributed by atoms with Gasteiger partial charge in [-0.05, 0) is 31.7 Å². The van der Waals surface area contributed by atoms with Crippen molar-refractivity contribution >= 4 is 0 Å². The fraction of sp³-hybridized carbons (Fsp3) is 0.500. The van der Waals surface area contributed by atoms with Crippen LogP contribution in [0.1, 0.15) is 30.0 Å². The molecule has 1 aromatic rings. The molecule has 0 aliphatic heterocycles. The van der Waals surface area contributed by atoms with Gasteiger partial charge in [-0.2, -0.15) is 0 Å². The lowest BCUT2D eigenvalue weighted by atomic mass is 9.97. The number of hydrogen-bond acceptors (Lipinski definition) is 3. The molecule has 2 atom stereocenters. The van der Waals surface area contributed by atoms with Crippen molar-refractivity contribution < 1.29 is 10.2 Å². The molecule has 0 heterocycles. The van der Waals surface area contributed by atoms with Gasteiger partial charge in [-0.3, -0.25) is 0 Å². The molecule has 0 spiro atoms. The van der Waals surface area contributed by atoms with Crippen molar-refractivity contribution in [1.82, 2.24) is 0 Å². The Balaban J connectivity index is 2.23. The summed E-state index contributed by atoms with van der Waals surface area (Å²) in [5.41, 5.74) is 7.63.